The maximum Gasteiger partial charge on any atom is 0.330 e. The monoisotopic (exact) mass is 418 g/mol. The molecular weight excluding hydrogens is 384 g/mol. The van der Waals surface area contributed by atoms with Gasteiger partial charge in [-0.15, -0.1) is 0 Å². The number of aliphatic carboxylic acids is 2. The van der Waals surface area contributed by atoms with Crippen molar-refractivity contribution >= 4 is 28.6 Å². The largest absolute Gasteiger partial charge is 0.516 e. The lowest BCUT2D eigenvalue weighted by Gasteiger charge is -2.32. The highest BCUT2D eigenvalue weighted by Gasteiger charge is 2.31. The molecule has 0 atom stereocenters. The Hall–Kier alpha value is -2.11. The molecule has 4 N–H and O–H groups in total. The predicted octanol–water partition coefficient (Wildman–Crippen LogP) is 4.85. The van der Waals surface area contributed by atoms with Gasteiger partial charge in [0.1, 0.15) is 0 Å². The van der Waals surface area contributed by atoms with Crippen LogP contribution in [0.4, 0.5) is 0 Å². The SMILES string of the molecule is C=C(C)C(=O)O.C=C(C)C(=O)O.C[Si](C)(CC=CO)O[Si](C)(C)CC=CO. The molecular formula is C18H34O7Si2. The Morgan fingerprint density at radius 2 is 1.04 bits per heavy atom. The van der Waals surface area contributed by atoms with Gasteiger partial charge in [0.25, 0.3) is 0 Å². The molecule has 0 spiro atoms. The topological polar surface area (TPSA) is 124 Å². The van der Waals surface area contributed by atoms with Crippen LogP contribution in [0.25, 0.3) is 0 Å². The van der Waals surface area contributed by atoms with Gasteiger partial charge in [0.2, 0.25) is 0 Å². The number of carboxylic acids is 2. The number of hydrogen-bond acceptors (Lipinski definition) is 5. The summed E-state index contributed by atoms with van der Waals surface area (Å²) in [5.74, 6) is -1.87. The molecule has 0 amide bonds. The van der Waals surface area contributed by atoms with Gasteiger partial charge in [-0.2, -0.15) is 0 Å². The van der Waals surface area contributed by atoms with E-state index in [1.807, 2.05) is 0 Å². The third-order valence-corrected chi connectivity index (χ3v) is 9.57. The fraction of sp³-hybridized carbons (Fsp3) is 0.444. The Morgan fingerprint density at radius 3 is 1.19 bits per heavy atom. The van der Waals surface area contributed by atoms with Crippen LogP contribution < -0.4 is 0 Å². The van der Waals surface area contributed by atoms with Gasteiger partial charge in [-0.25, -0.2) is 9.59 Å². The van der Waals surface area contributed by atoms with Gasteiger partial charge >= 0.3 is 11.9 Å². The zero-order chi connectivity index (χ0) is 22.3. The molecule has 0 saturated heterocycles. The van der Waals surface area contributed by atoms with Crippen molar-refractivity contribution in [3.05, 3.63) is 49.0 Å². The Balaban J connectivity index is -0.000000394. The number of hydrogen-bond donors (Lipinski definition) is 4. The molecule has 0 unspecified atom stereocenters. The maximum absolute atomic E-state index is 9.60. The highest BCUT2D eigenvalue weighted by atomic mass is 28.4. The molecule has 0 aromatic rings. The quantitative estimate of drug-likeness (QED) is 0.252. The number of rotatable bonds is 8. The molecule has 156 valence electrons. The first kappa shape index (κ1) is 29.6. The van der Waals surface area contributed by atoms with Crippen molar-refractivity contribution in [3.63, 3.8) is 0 Å². The number of aliphatic hydroxyl groups is 2. The average molecular weight is 419 g/mol. The van der Waals surface area contributed by atoms with Crippen molar-refractivity contribution < 1.29 is 34.1 Å². The van der Waals surface area contributed by atoms with Gasteiger partial charge in [-0.1, -0.05) is 25.3 Å². The molecule has 0 fully saturated rings. The van der Waals surface area contributed by atoms with Crippen LogP contribution in [0.3, 0.4) is 0 Å². The molecule has 0 aromatic heterocycles. The molecule has 0 radical (unpaired) electrons. The van der Waals surface area contributed by atoms with Gasteiger partial charge < -0.3 is 24.5 Å². The van der Waals surface area contributed by atoms with Crippen LogP contribution in [0.1, 0.15) is 13.8 Å². The minimum absolute atomic E-state index is 0.176. The molecule has 0 aliphatic heterocycles. The van der Waals surface area contributed by atoms with E-state index in [-0.39, 0.29) is 11.1 Å². The van der Waals surface area contributed by atoms with E-state index in [0.717, 1.165) is 24.6 Å². The van der Waals surface area contributed by atoms with Crippen LogP contribution >= 0.6 is 0 Å². The molecule has 9 heteroatoms. The van der Waals surface area contributed by atoms with Crippen molar-refractivity contribution in [3.8, 4) is 0 Å². The van der Waals surface area contributed by atoms with Gasteiger partial charge in [0.15, 0.2) is 16.6 Å². The van der Waals surface area contributed by atoms with Crippen LogP contribution in [-0.2, 0) is 13.7 Å². The van der Waals surface area contributed by atoms with Gasteiger partial charge in [0.05, 0.1) is 12.5 Å². The van der Waals surface area contributed by atoms with Gasteiger partial charge in [-0.3, -0.25) is 0 Å². The lowest BCUT2D eigenvalue weighted by Crippen LogP contribution is -2.43. The summed E-state index contributed by atoms with van der Waals surface area (Å²) >= 11 is 0. The summed E-state index contributed by atoms with van der Waals surface area (Å²) in [5.41, 5.74) is 0.352. The first-order chi connectivity index (χ1) is 12.1. The molecule has 0 saturated carbocycles. The molecule has 0 bridgehead atoms. The first-order valence-corrected chi connectivity index (χ1v) is 14.4. The number of allylic oxidation sites excluding steroid dienone is 2. The number of carbonyl (C=O) groups is 2. The van der Waals surface area contributed by atoms with E-state index in [1.165, 1.54) is 13.8 Å². The van der Waals surface area contributed by atoms with Crippen molar-refractivity contribution in [1.29, 1.82) is 0 Å². The molecule has 0 aromatic carbocycles. The molecule has 7 nitrogen and oxygen atoms in total. The maximum atomic E-state index is 9.60. The van der Waals surface area contributed by atoms with Gasteiger partial charge in [-0.05, 0) is 52.1 Å². The van der Waals surface area contributed by atoms with Crippen molar-refractivity contribution in [2.45, 2.75) is 52.1 Å². The van der Waals surface area contributed by atoms with E-state index in [1.54, 1.807) is 12.2 Å². The van der Waals surface area contributed by atoms with Crippen LogP contribution in [0.2, 0.25) is 38.3 Å². The zero-order valence-corrected chi connectivity index (χ0v) is 19.2. The first-order valence-electron chi connectivity index (χ1n) is 8.18. The van der Waals surface area contributed by atoms with E-state index in [4.69, 9.17) is 24.5 Å². The summed E-state index contributed by atoms with van der Waals surface area (Å²) in [6, 6.07) is 1.64. The Kier molecular flexibility index (Phi) is 16.5. The van der Waals surface area contributed by atoms with Crippen molar-refractivity contribution in [1.82, 2.24) is 0 Å². The van der Waals surface area contributed by atoms with E-state index in [2.05, 4.69) is 39.3 Å². The highest BCUT2D eigenvalue weighted by Crippen LogP contribution is 2.21. The summed E-state index contributed by atoms with van der Waals surface area (Å²) in [6.45, 7) is 17.8. The summed E-state index contributed by atoms with van der Waals surface area (Å²) in [5, 5.41) is 33.0. The summed E-state index contributed by atoms with van der Waals surface area (Å²) in [4.78, 5) is 19.2. The minimum atomic E-state index is -1.71. The highest BCUT2D eigenvalue weighted by molar-refractivity contribution is 6.85. The third-order valence-electron chi connectivity index (χ3n) is 2.71. The molecule has 27 heavy (non-hydrogen) atoms. The number of carboxylic acid groups (broad SMARTS) is 2. The predicted molar refractivity (Wildman–Crippen MR) is 114 cm³/mol. The second kappa shape index (κ2) is 15.0. The lowest BCUT2D eigenvalue weighted by atomic mass is 10.4. The van der Waals surface area contributed by atoms with Crippen LogP contribution in [0.5, 0.6) is 0 Å². The standard InChI is InChI=1S/C10H22O3Si2.2C4H6O2/c1-14(2,9-5-7-11)13-15(3,4)10-6-8-12;2*1-3(2)4(5)6/h5-8,11-12H,9-10H2,1-4H3;2*1H2,2H3,(H,5,6). The lowest BCUT2D eigenvalue weighted by molar-refractivity contribution is -0.133. The van der Waals surface area contributed by atoms with Crippen molar-refractivity contribution in [2.75, 3.05) is 0 Å². The summed E-state index contributed by atoms with van der Waals surface area (Å²) in [6.07, 6.45) is 5.66. The molecule has 0 aliphatic rings. The van der Waals surface area contributed by atoms with Crippen LogP contribution in [-0.4, -0.2) is 49.0 Å². The summed E-state index contributed by atoms with van der Waals surface area (Å²) in [7, 11) is -3.42. The third kappa shape index (κ3) is 23.9. The molecule has 0 heterocycles. The van der Waals surface area contributed by atoms with Gasteiger partial charge in [0, 0.05) is 11.1 Å². The van der Waals surface area contributed by atoms with Crippen molar-refractivity contribution in [2.24, 2.45) is 0 Å². The number of aliphatic hydroxyl groups excluding tert-OH is 2. The normalized spacial score (nSPS) is 11.2. The Bertz CT molecular complexity index is 478. The minimum Gasteiger partial charge on any atom is -0.516 e. The fourth-order valence-corrected chi connectivity index (χ4v) is 9.50. The van der Waals surface area contributed by atoms with E-state index in [0.29, 0.717) is 0 Å². The van der Waals surface area contributed by atoms with E-state index >= 15 is 0 Å². The fourth-order valence-electron chi connectivity index (χ4n) is 1.50. The van der Waals surface area contributed by atoms with Crippen LogP contribution in [0, 0.1) is 0 Å². The Morgan fingerprint density at radius 1 is 0.815 bits per heavy atom. The van der Waals surface area contributed by atoms with E-state index < -0.39 is 28.6 Å². The second-order valence-corrected chi connectivity index (χ2v) is 15.6. The average Bonchev–Trinajstić information content (AvgIpc) is 2.51. The zero-order valence-electron chi connectivity index (χ0n) is 17.2. The van der Waals surface area contributed by atoms with E-state index in [9.17, 15) is 9.59 Å². The Labute approximate surface area is 164 Å². The van der Waals surface area contributed by atoms with Crippen LogP contribution in [0.15, 0.2) is 49.0 Å². The smallest absolute Gasteiger partial charge is 0.330 e. The second-order valence-electron chi connectivity index (χ2n) is 6.97. The molecule has 0 rings (SSSR count). The summed E-state index contributed by atoms with van der Waals surface area (Å²) < 4.78 is 6.18. The molecule has 0 aliphatic carbocycles.